The van der Waals surface area contributed by atoms with Gasteiger partial charge in [0.1, 0.15) is 0 Å². The van der Waals surface area contributed by atoms with Gasteiger partial charge in [-0.3, -0.25) is 4.79 Å². The largest absolute Gasteiger partial charge is 0.334 e. The van der Waals surface area contributed by atoms with Gasteiger partial charge in [0.25, 0.3) is 0 Å². The molecule has 3 nitrogen and oxygen atoms in total. The summed E-state index contributed by atoms with van der Waals surface area (Å²) >= 11 is 1.86. The second kappa shape index (κ2) is 7.70. The van der Waals surface area contributed by atoms with Gasteiger partial charge in [0, 0.05) is 30.6 Å². The Morgan fingerprint density at radius 1 is 1.45 bits per heavy atom. The fraction of sp³-hybridized carbons (Fsp3) is 0.562. The van der Waals surface area contributed by atoms with E-state index >= 15 is 0 Å². The van der Waals surface area contributed by atoms with E-state index in [1.807, 2.05) is 34.9 Å². The van der Waals surface area contributed by atoms with Crippen LogP contribution in [0, 0.1) is 0 Å². The van der Waals surface area contributed by atoms with Gasteiger partial charge < -0.3 is 10.2 Å². The summed E-state index contributed by atoms with van der Waals surface area (Å²) in [6, 6.07) is 10.5. The van der Waals surface area contributed by atoms with Crippen LogP contribution in [0.4, 0.5) is 0 Å². The average Bonchev–Trinajstić information content (AvgIpc) is 2.53. The molecule has 1 aromatic carbocycles. The first-order chi connectivity index (χ1) is 9.72. The standard InChI is InChI=1S/C16H24N2OS/c1-3-13(2)18(11-14-7-5-4-6-8-14)16(19)15-12-20-10-9-17-15/h4-8,13,15,17H,3,9-12H2,1-2H3. The zero-order valence-corrected chi connectivity index (χ0v) is 13.2. The van der Waals surface area contributed by atoms with Crippen molar-refractivity contribution in [1.29, 1.82) is 0 Å². The van der Waals surface area contributed by atoms with Crippen molar-refractivity contribution in [1.82, 2.24) is 10.2 Å². The maximum atomic E-state index is 12.8. The van der Waals surface area contributed by atoms with Gasteiger partial charge in [0.05, 0.1) is 6.04 Å². The molecule has 1 N–H and O–H groups in total. The molecule has 1 fully saturated rings. The Labute approximate surface area is 126 Å². The minimum absolute atomic E-state index is 0.0218. The molecule has 2 atom stereocenters. The monoisotopic (exact) mass is 292 g/mol. The minimum Gasteiger partial charge on any atom is -0.334 e. The highest BCUT2D eigenvalue weighted by atomic mass is 32.2. The van der Waals surface area contributed by atoms with Crippen LogP contribution in [0.5, 0.6) is 0 Å². The predicted molar refractivity (Wildman–Crippen MR) is 85.9 cm³/mol. The molecule has 1 aromatic rings. The third-order valence-electron chi connectivity index (χ3n) is 3.82. The average molecular weight is 292 g/mol. The smallest absolute Gasteiger partial charge is 0.241 e. The number of benzene rings is 1. The third-order valence-corrected chi connectivity index (χ3v) is 4.88. The second-order valence-electron chi connectivity index (χ2n) is 5.29. The first kappa shape index (κ1) is 15.4. The zero-order chi connectivity index (χ0) is 14.4. The van der Waals surface area contributed by atoms with Gasteiger partial charge in [-0.25, -0.2) is 0 Å². The van der Waals surface area contributed by atoms with Gasteiger partial charge >= 0.3 is 0 Å². The third kappa shape index (κ3) is 4.00. The number of carbonyl (C=O) groups is 1. The normalized spacial score (nSPS) is 20.4. The molecule has 110 valence electrons. The van der Waals surface area contributed by atoms with Crippen molar-refractivity contribution in [2.75, 3.05) is 18.1 Å². The second-order valence-corrected chi connectivity index (χ2v) is 6.44. The quantitative estimate of drug-likeness (QED) is 0.905. The summed E-state index contributed by atoms with van der Waals surface area (Å²) in [5, 5.41) is 3.35. The van der Waals surface area contributed by atoms with E-state index in [1.165, 1.54) is 5.56 Å². The molecule has 0 saturated carbocycles. The number of thioether (sulfide) groups is 1. The number of amides is 1. The van der Waals surface area contributed by atoms with E-state index in [9.17, 15) is 4.79 Å². The summed E-state index contributed by atoms with van der Waals surface area (Å²) in [7, 11) is 0. The van der Waals surface area contributed by atoms with E-state index in [4.69, 9.17) is 0 Å². The SMILES string of the molecule is CCC(C)N(Cc1ccccc1)C(=O)C1CSCCN1. The van der Waals surface area contributed by atoms with Gasteiger partial charge in [0.2, 0.25) is 5.91 Å². The Morgan fingerprint density at radius 2 is 2.20 bits per heavy atom. The molecule has 1 aliphatic heterocycles. The highest BCUT2D eigenvalue weighted by Crippen LogP contribution is 2.16. The zero-order valence-electron chi connectivity index (χ0n) is 12.3. The summed E-state index contributed by atoms with van der Waals surface area (Å²) < 4.78 is 0. The lowest BCUT2D eigenvalue weighted by Crippen LogP contribution is -2.52. The molecule has 1 heterocycles. The summed E-state index contributed by atoms with van der Waals surface area (Å²) in [6.07, 6.45) is 0.985. The molecular formula is C16H24N2OS. The van der Waals surface area contributed by atoms with Gasteiger partial charge in [0.15, 0.2) is 0 Å². The molecule has 0 spiro atoms. The summed E-state index contributed by atoms with van der Waals surface area (Å²) in [5.41, 5.74) is 1.20. The van der Waals surface area contributed by atoms with E-state index < -0.39 is 0 Å². The molecule has 0 aliphatic carbocycles. The number of nitrogens with one attached hydrogen (secondary N) is 1. The molecule has 2 rings (SSSR count). The molecular weight excluding hydrogens is 268 g/mol. The maximum Gasteiger partial charge on any atom is 0.241 e. The lowest BCUT2D eigenvalue weighted by atomic mass is 10.1. The van der Waals surface area contributed by atoms with Crippen LogP contribution >= 0.6 is 11.8 Å². The van der Waals surface area contributed by atoms with Crippen molar-refractivity contribution in [3.05, 3.63) is 35.9 Å². The Balaban J connectivity index is 2.08. The molecule has 1 saturated heterocycles. The van der Waals surface area contributed by atoms with Crippen LogP contribution in [-0.2, 0) is 11.3 Å². The topological polar surface area (TPSA) is 32.3 Å². The Bertz CT molecular complexity index is 418. The van der Waals surface area contributed by atoms with Crippen molar-refractivity contribution in [2.24, 2.45) is 0 Å². The Morgan fingerprint density at radius 3 is 2.80 bits per heavy atom. The number of nitrogens with zero attached hydrogens (tertiary/aromatic N) is 1. The molecule has 2 unspecified atom stereocenters. The van der Waals surface area contributed by atoms with Gasteiger partial charge in [-0.2, -0.15) is 11.8 Å². The number of hydrogen-bond donors (Lipinski definition) is 1. The fourth-order valence-electron chi connectivity index (χ4n) is 2.38. The van der Waals surface area contributed by atoms with Crippen LogP contribution in [0.1, 0.15) is 25.8 Å². The van der Waals surface area contributed by atoms with Crippen LogP contribution in [0.3, 0.4) is 0 Å². The van der Waals surface area contributed by atoms with E-state index in [1.54, 1.807) is 0 Å². The molecule has 1 aliphatic rings. The lowest BCUT2D eigenvalue weighted by Gasteiger charge is -2.33. The summed E-state index contributed by atoms with van der Waals surface area (Å²) in [5.74, 6) is 2.24. The van der Waals surface area contributed by atoms with Crippen molar-refractivity contribution in [3.63, 3.8) is 0 Å². The number of hydrogen-bond acceptors (Lipinski definition) is 3. The predicted octanol–water partition coefficient (Wildman–Crippen LogP) is 2.52. The van der Waals surface area contributed by atoms with Crippen molar-refractivity contribution in [3.8, 4) is 0 Å². The number of rotatable bonds is 5. The molecule has 20 heavy (non-hydrogen) atoms. The van der Waals surface area contributed by atoms with Crippen LogP contribution in [0.15, 0.2) is 30.3 Å². The fourth-order valence-corrected chi connectivity index (χ4v) is 3.30. The van der Waals surface area contributed by atoms with Gasteiger partial charge in [-0.05, 0) is 18.9 Å². The van der Waals surface area contributed by atoms with Crippen molar-refractivity contribution >= 4 is 17.7 Å². The maximum absolute atomic E-state index is 12.8. The van der Waals surface area contributed by atoms with Crippen LogP contribution < -0.4 is 5.32 Å². The number of carbonyl (C=O) groups excluding carboxylic acids is 1. The molecule has 0 bridgehead atoms. The molecule has 0 radical (unpaired) electrons. The Hall–Kier alpha value is -1.00. The van der Waals surface area contributed by atoms with E-state index in [-0.39, 0.29) is 18.0 Å². The van der Waals surface area contributed by atoms with Gasteiger partial charge in [-0.1, -0.05) is 37.3 Å². The molecule has 0 aromatic heterocycles. The highest BCUT2D eigenvalue weighted by Gasteiger charge is 2.28. The Kier molecular flexibility index (Phi) is 5.92. The van der Waals surface area contributed by atoms with E-state index in [0.29, 0.717) is 6.54 Å². The van der Waals surface area contributed by atoms with Crippen LogP contribution in [0.2, 0.25) is 0 Å². The van der Waals surface area contributed by atoms with Crippen LogP contribution in [0.25, 0.3) is 0 Å². The van der Waals surface area contributed by atoms with E-state index in [0.717, 1.165) is 24.5 Å². The molecule has 1 amide bonds. The first-order valence-corrected chi connectivity index (χ1v) is 8.53. The van der Waals surface area contributed by atoms with Crippen molar-refractivity contribution < 1.29 is 4.79 Å². The first-order valence-electron chi connectivity index (χ1n) is 7.38. The van der Waals surface area contributed by atoms with E-state index in [2.05, 4.69) is 31.3 Å². The highest BCUT2D eigenvalue weighted by molar-refractivity contribution is 7.99. The van der Waals surface area contributed by atoms with Gasteiger partial charge in [-0.15, -0.1) is 0 Å². The summed E-state index contributed by atoms with van der Waals surface area (Å²) in [4.78, 5) is 14.8. The minimum atomic E-state index is -0.0218. The van der Waals surface area contributed by atoms with Crippen molar-refractivity contribution in [2.45, 2.75) is 38.9 Å². The van der Waals surface area contributed by atoms with Crippen LogP contribution in [-0.4, -0.2) is 40.9 Å². The molecule has 4 heteroatoms. The summed E-state index contributed by atoms with van der Waals surface area (Å²) in [6.45, 7) is 5.91. The lowest BCUT2D eigenvalue weighted by molar-refractivity contribution is -0.135.